The second-order valence-corrected chi connectivity index (χ2v) is 9.70. The molecule has 0 unspecified atom stereocenters. The van der Waals surface area contributed by atoms with Gasteiger partial charge in [0.05, 0.1) is 12.9 Å². The second-order valence-electron chi connectivity index (χ2n) is 7.73. The maximum atomic E-state index is 12.8. The lowest BCUT2D eigenvalue weighted by Gasteiger charge is -2.37. The molecule has 1 aliphatic rings. The number of methoxy groups -OCH3 is 1. The molecule has 3 rings (SSSR count). The number of hydrogen-bond donors (Lipinski definition) is 1. The molecule has 2 aromatic rings. The van der Waals surface area contributed by atoms with E-state index < -0.39 is 15.4 Å². The maximum Gasteiger partial charge on any atom is 0.226 e. The summed E-state index contributed by atoms with van der Waals surface area (Å²) in [6, 6.07) is 16.7. The van der Waals surface area contributed by atoms with Crippen molar-refractivity contribution in [1.29, 1.82) is 0 Å². The molecule has 0 aliphatic carbocycles. The van der Waals surface area contributed by atoms with Crippen LogP contribution in [0.25, 0.3) is 0 Å². The molecule has 1 amide bonds. The van der Waals surface area contributed by atoms with Gasteiger partial charge in [0.15, 0.2) is 0 Å². The van der Waals surface area contributed by atoms with Crippen molar-refractivity contribution in [2.45, 2.75) is 32.1 Å². The van der Waals surface area contributed by atoms with Gasteiger partial charge in [-0.3, -0.25) is 4.79 Å². The van der Waals surface area contributed by atoms with Crippen LogP contribution in [0, 0.1) is 5.41 Å². The summed E-state index contributed by atoms with van der Waals surface area (Å²) in [6.07, 6.45) is 1.02. The van der Waals surface area contributed by atoms with E-state index in [1.165, 1.54) is 4.31 Å². The molecule has 7 heteroatoms. The molecule has 1 heterocycles. The lowest BCUT2D eigenvalue weighted by Crippen LogP contribution is -2.48. The Morgan fingerprint density at radius 1 is 1.03 bits per heavy atom. The quantitative estimate of drug-likeness (QED) is 0.753. The molecule has 0 spiro atoms. The summed E-state index contributed by atoms with van der Waals surface area (Å²) in [7, 11) is -1.77. The van der Waals surface area contributed by atoms with E-state index in [0.717, 1.165) is 16.9 Å². The maximum absolute atomic E-state index is 12.8. The second kappa shape index (κ2) is 8.97. The first-order valence-electron chi connectivity index (χ1n) is 9.75. The number of carbonyl (C=O) groups is 1. The van der Waals surface area contributed by atoms with Crippen LogP contribution in [0.15, 0.2) is 54.6 Å². The average molecular weight is 417 g/mol. The van der Waals surface area contributed by atoms with Crippen LogP contribution < -0.4 is 10.1 Å². The molecule has 1 N–H and O–H groups in total. The van der Waals surface area contributed by atoms with Crippen molar-refractivity contribution >= 4 is 15.9 Å². The van der Waals surface area contributed by atoms with Crippen LogP contribution in [0.2, 0.25) is 0 Å². The summed E-state index contributed by atoms with van der Waals surface area (Å²) in [6.45, 7) is 3.08. The Kier molecular flexibility index (Phi) is 6.59. The molecule has 1 saturated heterocycles. The average Bonchev–Trinajstić information content (AvgIpc) is 2.73. The zero-order chi connectivity index (χ0) is 20.9. The molecule has 0 saturated carbocycles. The van der Waals surface area contributed by atoms with Gasteiger partial charge in [0.25, 0.3) is 0 Å². The highest BCUT2D eigenvalue weighted by Gasteiger charge is 2.39. The third kappa shape index (κ3) is 5.36. The lowest BCUT2D eigenvalue weighted by molar-refractivity contribution is -0.132. The van der Waals surface area contributed by atoms with E-state index in [4.69, 9.17) is 4.74 Å². The molecule has 0 atom stereocenters. The summed E-state index contributed by atoms with van der Waals surface area (Å²) in [4.78, 5) is 12.8. The number of hydrogen-bond acceptors (Lipinski definition) is 4. The Balaban J connectivity index is 1.54. The minimum Gasteiger partial charge on any atom is -0.497 e. The van der Waals surface area contributed by atoms with E-state index in [9.17, 15) is 13.2 Å². The number of nitrogens with one attached hydrogen (secondary N) is 1. The normalized spacial score (nSPS) is 16.9. The summed E-state index contributed by atoms with van der Waals surface area (Å²) in [5.41, 5.74) is 1.20. The van der Waals surface area contributed by atoms with Gasteiger partial charge in [-0.15, -0.1) is 0 Å². The van der Waals surface area contributed by atoms with Gasteiger partial charge in [-0.25, -0.2) is 12.7 Å². The van der Waals surface area contributed by atoms with E-state index in [2.05, 4.69) is 5.32 Å². The van der Waals surface area contributed by atoms with Crippen molar-refractivity contribution in [1.82, 2.24) is 9.62 Å². The van der Waals surface area contributed by atoms with Crippen molar-refractivity contribution in [2.75, 3.05) is 20.2 Å². The first kappa shape index (κ1) is 21.3. The van der Waals surface area contributed by atoms with Crippen LogP contribution in [0.4, 0.5) is 0 Å². The molecule has 6 nitrogen and oxygen atoms in total. The van der Waals surface area contributed by atoms with Crippen LogP contribution in [-0.4, -0.2) is 38.8 Å². The molecule has 156 valence electrons. The van der Waals surface area contributed by atoms with Crippen molar-refractivity contribution in [3.8, 4) is 5.75 Å². The van der Waals surface area contributed by atoms with E-state index in [1.54, 1.807) is 7.11 Å². The van der Waals surface area contributed by atoms with Crippen LogP contribution in [0.1, 0.15) is 30.9 Å². The van der Waals surface area contributed by atoms with Gasteiger partial charge < -0.3 is 10.1 Å². The minimum absolute atomic E-state index is 0.00573. The number of benzene rings is 2. The highest BCUT2D eigenvalue weighted by Crippen LogP contribution is 2.33. The summed E-state index contributed by atoms with van der Waals surface area (Å²) in [5, 5.41) is 2.99. The molecular weight excluding hydrogens is 388 g/mol. The molecular formula is C22H28N2O4S. The van der Waals surface area contributed by atoms with Crippen molar-refractivity contribution in [2.24, 2.45) is 5.41 Å². The smallest absolute Gasteiger partial charge is 0.226 e. The van der Waals surface area contributed by atoms with Gasteiger partial charge in [0.2, 0.25) is 15.9 Å². The van der Waals surface area contributed by atoms with E-state index in [-0.39, 0.29) is 11.7 Å². The fraction of sp³-hybridized carbons (Fsp3) is 0.409. The number of piperidine rings is 1. The predicted octanol–water partition coefficient (Wildman–Crippen LogP) is 2.94. The van der Waals surface area contributed by atoms with Crippen molar-refractivity contribution in [3.63, 3.8) is 0 Å². The van der Waals surface area contributed by atoms with Gasteiger partial charge in [0.1, 0.15) is 5.75 Å². The van der Waals surface area contributed by atoms with Gasteiger partial charge in [-0.1, -0.05) is 49.4 Å². The first-order valence-corrected chi connectivity index (χ1v) is 11.4. The Labute approximate surface area is 172 Å². The summed E-state index contributed by atoms with van der Waals surface area (Å²) >= 11 is 0. The first-order chi connectivity index (χ1) is 13.8. The van der Waals surface area contributed by atoms with Gasteiger partial charge >= 0.3 is 0 Å². The molecule has 0 bridgehead atoms. The number of sulfonamides is 1. The van der Waals surface area contributed by atoms with Gasteiger partial charge in [-0.2, -0.15) is 0 Å². The fourth-order valence-electron chi connectivity index (χ4n) is 3.50. The molecule has 1 fully saturated rings. The third-order valence-electron chi connectivity index (χ3n) is 5.57. The Morgan fingerprint density at radius 3 is 2.24 bits per heavy atom. The molecule has 2 aromatic carbocycles. The number of carbonyl (C=O) groups excluding carboxylic acids is 1. The zero-order valence-electron chi connectivity index (χ0n) is 16.9. The van der Waals surface area contributed by atoms with Crippen molar-refractivity contribution in [3.05, 3.63) is 65.7 Å². The minimum atomic E-state index is -3.38. The monoisotopic (exact) mass is 416 g/mol. The van der Waals surface area contributed by atoms with Crippen LogP contribution in [0.5, 0.6) is 5.75 Å². The van der Waals surface area contributed by atoms with Crippen molar-refractivity contribution < 1.29 is 17.9 Å². The third-order valence-corrected chi connectivity index (χ3v) is 7.42. The molecule has 0 radical (unpaired) electrons. The summed E-state index contributed by atoms with van der Waals surface area (Å²) < 4.78 is 32.1. The fourth-order valence-corrected chi connectivity index (χ4v) is 5.04. The van der Waals surface area contributed by atoms with Gasteiger partial charge in [-0.05, 0) is 36.1 Å². The van der Waals surface area contributed by atoms with E-state index >= 15 is 0 Å². The molecule has 1 aliphatic heterocycles. The Bertz CT molecular complexity index is 919. The van der Waals surface area contributed by atoms with Crippen LogP contribution >= 0.6 is 0 Å². The van der Waals surface area contributed by atoms with Crippen LogP contribution in [-0.2, 0) is 27.1 Å². The Morgan fingerprint density at radius 2 is 1.66 bits per heavy atom. The molecule has 0 aromatic heterocycles. The number of ether oxygens (including phenoxy) is 1. The zero-order valence-corrected chi connectivity index (χ0v) is 17.7. The highest BCUT2D eigenvalue weighted by molar-refractivity contribution is 7.88. The Hall–Kier alpha value is -2.38. The van der Waals surface area contributed by atoms with E-state index in [1.807, 2.05) is 61.5 Å². The lowest BCUT2D eigenvalue weighted by atomic mass is 9.80. The SMILES string of the molecule is COc1ccc(CNC(=O)C2(C)CCN(S(=O)(=O)Cc3ccccc3)CC2)cc1. The molecule has 29 heavy (non-hydrogen) atoms. The highest BCUT2D eigenvalue weighted by atomic mass is 32.2. The van der Waals surface area contributed by atoms with E-state index in [0.29, 0.717) is 32.5 Å². The number of nitrogens with zero attached hydrogens (tertiary/aromatic N) is 1. The van der Waals surface area contributed by atoms with Crippen LogP contribution in [0.3, 0.4) is 0 Å². The largest absolute Gasteiger partial charge is 0.497 e. The standard InChI is InChI=1S/C22H28N2O4S/c1-22(21(25)23-16-18-8-10-20(28-2)11-9-18)12-14-24(15-13-22)29(26,27)17-19-6-4-3-5-7-19/h3-11H,12-17H2,1-2H3,(H,23,25). The summed E-state index contributed by atoms with van der Waals surface area (Å²) in [5.74, 6) is 0.735. The number of rotatable bonds is 7. The number of amides is 1. The predicted molar refractivity (Wildman–Crippen MR) is 113 cm³/mol. The van der Waals surface area contributed by atoms with Gasteiger partial charge in [0, 0.05) is 25.0 Å². The topological polar surface area (TPSA) is 75.7 Å².